The SMILES string of the molecule is CC1CC=CC(CNC(=O)NC2CCN(C)CC2)=C1Cl. The Morgan fingerprint density at radius 1 is 1.45 bits per heavy atom. The largest absolute Gasteiger partial charge is 0.335 e. The van der Waals surface area contributed by atoms with Crippen molar-refractivity contribution >= 4 is 17.6 Å². The fraction of sp³-hybridized carbons (Fsp3) is 0.667. The number of nitrogens with zero attached hydrogens (tertiary/aromatic N) is 1. The van der Waals surface area contributed by atoms with Crippen LogP contribution in [0.15, 0.2) is 22.8 Å². The molecule has 2 amide bonds. The lowest BCUT2D eigenvalue weighted by Crippen LogP contribution is -2.47. The van der Waals surface area contributed by atoms with Crippen molar-refractivity contribution < 1.29 is 4.79 Å². The van der Waals surface area contributed by atoms with E-state index in [1.165, 1.54) is 0 Å². The van der Waals surface area contributed by atoms with Gasteiger partial charge >= 0.3 is 6.03 Å². The molecule has 0 spiro atoms. The highest BCUT2D eigenvalue weighted by atomic mass is 35.5. The van der Waals surface area contributed by atoms with Gasteiger partial charge in [0, 0.05) is 17.6 Å². The molecule has 0 bridgehead atoms. The first-order valence-corrected chi connectivity index (χ1v) is 7.72. The molecule has 0 aromatic heterocycles. The van der Waals surface area contributed by atoms with E-state index in [9.17, 15) is 4.79 Å². The third kappa shape index (κ3) is 4.25. The molecule has 5 heteroatoms. The van der Waals surface area contributed by atoms with Crippen LogP contribution in [0.4, 0.5) is 4.79 Å². The summed E-state index contributed by atoms with van der Waals surface area (Å²) >= 11 is 6.28. The molecule has 1 fully saturated rings. The minimum atomic E-state index is -0.0943. The zero-order chi connectivity index (χ0) is 14.5. The summed E-state index contributed by atoms with van der Waals surface area (Å²) in [7, 11) is 2.11. The van der Waals surface area contributed by atoms with E-state index in [-0.39, 0.29) is 12.1 Å². The molecule has 112 valence electrons. The van der Waals surface area contributed by atoms with Gasteiger partial charge in [-0.2, -0.15) is 0 Å². The number of amides is 2. The topological polar surface area (TPSA) is 44.4 Å². The Balaban J connectivity index is 1.75. The standard InChI is InChI=1S/C15H24ClN3O/c1-11-4-3-5-12(14(11)16)10-17-15(20)18-13-6-8-19(2)9-7-13/h3,5,11,13H,4,6-10H2,1-2H3,(H2,17,18,20). The molecule has 2 rings (SSSR count). The Morgan fingerprint density at radius 3 is 2.85 bits per heavy atom. The average molecular weight is 298 g/mol. The van der Waals surface area contributed by atoms with Crippen LogP contribution in [-0.4, -0.2) is 43.7 Å². The molecule has 2 aliphatic rings. The summed E-state index contributed by atoms with van der Waals surface area (Å²) in [4.78, 5) is 14.2. The molecule has 0 aromatic rings. The number of nitrogens with one attached hydrogen (secondary N) is 2. The number of hydrogen-bond donors (Lipinski definition) is 2. The number of carbonyl (C=O) groups is 1. The van der Waals surface area contributed by atoms with Gasteiger partial charge in [-0.1, -0.05) is 30.7 Å². The van der Waals surface area contributed by atoms with Crippen LogP contribution >= 0.6 is 11.6 Å². The first-order valence-electron chi connectivity index (χ1n) is 7.34. The lowest BCUT2D eigenvalue weighted by atomic mass is 9.97. The van der Waals surface area contributed by atoms with Gasteiger partial charge in [-0.15, -0.1) is 0 Å². The van der Waals surface area contributed by atoms with Crippen molar-refractivity contribution in [3.63, 3.8) is 0 Å². The Morgan fingerprint density at radius 2 is 2.15 bits per heavy atom. The molecular weight excluding hydrogens is 274 g/mol. The highest BCUT2D eigenvalue weighted by Crippen LogP contribution is 2.27. The van der Waals surface area contributed by atoms with E-state index in [4.69, 9.17) is 11.6 Å². The second-order valence-electron chi connectivity index (χ2n) is 5.82. The van der Waals surface area contributed by atoms with Gasteiger partial charge in [-0.3, -0.25) is 0 Å². The predicted octanol–water partition coefficient (Wildman–Crippen LogP) is 2.47. The van der Waals surface area contributed by atoms with Crippen LogP contribution < -0.4 is 10.6 Å². The van der Waals surface area contributed by atoms with E-state index < -0.39 is 0 Å². The van der Waals surface area contributed by atoms with Gasteiger partial charge < -0.3 is 15.5 Å². The van der Waals surface area contributed by atoms with Gasteiger partial charge in [0.05, 0.1) is 0 Å². The number of likely N-dealkylation sites (tertiary alicyclic amines) is 1. The van der Waals surface area contributed by atoms with Crippen molar-refractivity contribution in [3.05, 3.63) is 22.8 Å². The van der Waals surface area contributed by atoms with Gasteiger partial charge in [-0.25, -0.2) is 4.79 Å². The van der Waals surface area contributed by atoms with Gasteiger partial charge in [-0.05, 0) is 50.9 Å². The molecule has 1 aliphatic carbocycles. The maximum absolute atomic E-state index is 11.9. The van der Waals surface area contributed by atoms with Gasteiger partial charge in [0.15, 0.2) is 0 Å². The van der Waals surface area contributed by atoms with Crippen LogP contribution in [-0.2, 0) is 0 Å². The van der Waals surface area contributed by atoms with Gasteiger partial charge in [0.1, 0.15) is 0 Å². The molecule has 1 atom stereocenters. The van der Waals surface area contributed by atoms with Crippen molar-refractivity contribution in [3.8, 4) is 0 Å². The third-order valence-corrected chi connectivity index (χ3v) is 4.66. The van der Waals surface area contributed by atoms with E-state index in [0.29, 0.717) is 12.5 Å². The predicted molar refractivity (Wildman–Crippen MR) is 82.9 cm³/mol. The quantitative estimate of drug-likeness (QED) is 0.840. The van der Waals surface area contributed by atoms with Crippen LogP contribution in [0.3, 0.4) is 0 Å². The number of carbonyl (C=O) groups excluding carboxylic acids is 1. The Kier molecular flexibility index (Phi) is 5.49. The average Bonchev–Trinajstić information content (AvgIpc) is 2.43. The van der Waals surface area contributed by atoms with Crippen molar-refractivity contribution in [2.75, 3.05) is 26.7 Å². The number of allylic oxidation sites excluding steroid dienone is 2. The number of halogens is 1. The Hall–Kier alpha value is -1.00. The summed E-state index contributed by atoms with van der Waals surface area (Å²) in [5, 5.41) is 6.81. The van der Waals surface area contributed by atoms with E-state index in [1.54, 1.807) is 0 Å². The minimum absolute atomic E-state index is 0.0943. The van der Waals surface area contributed by atoms with E-state index in [0.717, 1.165) is 43.0 Å². The fourth-order valence-electron chi connectivity index (χ4n) is 2.62. The van der Waals surface area contributed by atoms with E-state index in [2.05, 4.69) is 35.6 Å². The number of hydrogen-bond acceptors (Lipinski definition) is 2. The molecule has 1 unspecified atom stereocenters. The van der Waals surface area contributed by atoms with Crippen LogP contribution in [0.5, 0.6) is 0 Å². The molecule has 1 aliphatic heterocycles. The highest BCUT2D eigenvalue weighted by Gasteiger charge is 2.19. The first-order chi connectivity index (χ1) is 9.56. The summed E-state index contributed by atoms with van der Waals surface area (Å²) < 4.78 is 0. The molecule has 4 nitrogen and oxygen atoms in total. The monoisotopic (exact) mass is 297 g/mol. The summed E-state index contributed by atoms with van der Waals surface area (Å²) in [5.74, 6) is 0.357. The zero-order valence-electron chi connectivity index (χ0n) is 12.3. The zero-order valence-corrected chi connectivity index (χ0v) is 13.0. The third-order valence-electron chi connectivity index (χ3n) is 4.04. The highest BCUT2D eigenvalue weighted by molar-refractivity contribution is 6.30. The lowest BCUT2D eigenvalue weighted by Gasteiger charge is -2.29. The summed E-state index contributed by atoms with van der Waals surface area (Å²) in [6.07, 6.45) is 7.14. The molecule has 20 heavy (non-hydrogen) atoms. The minimum Gasteiger partial charge on any atom is -0.335 e. The normalized spacial score (nSPS) is 24.9. The van der Waals surface area contributed by atoms with Crippen molar-refractivity contribution in [1.29, 1.82) is 0 Å². The van der Waals surface area contributed by atoms with Crippen LogP contribution in [0.2, 0.25) is 0 Å². The fourth-order valence-corrected chi connectivity index (χ4v) is 2.84. The molecule has 0 radical (unpaired) electrons. The number of piperidine rings is 1. The Labute approximate surface area is 126 Å². The van der Waals surface area contributed by atoms with Crippen molar-refractivity contribution in [1.82, 2.24) is 15.5 Å². The molecule has 2 N–H and O–H groups in total. The maximum Gasteiger partial charge on any atom is 0.315 e. The van der Waals surface area contributed by atoms with E-state index in [1.807, 2.05) is 6.08 Å². The lowest BCUT2D eigenvalue weighted by molar-refractivity contribution is 0.214. The van der Waals surface area contributed by atoms with Crippen molar-refractivity contribution in [2.24, 2.45) is 5.92 Å². The van der Waals surface area contributed by atoms with Crippen LogP contribution in [0, 0.1) is 5.92 Å². The molecular formula is C15H24ClN3O. The van der Waals surface area contributed by atoms with E-state index >= 15 is 0 Å². The second-order valence-corrected chi connectivity index (χ2v) is 6.22. The molecule has 1 saturated heterocycles. The molecule has 0 aromatic carbocycles. The van der Waals surface area contributed by atoms with Gasteiger partial charge in [0.2, 0.25) is 0 Å². The smallest absolute Gasteiger partial charge is 0.315 e. The Bertz CT molecular complexity index is 411. The van der Waals surface area contributed by atoms with Crippen LogP contribution in [0.1, 0.15) is 26.2 Å². The van der Waals surface area contributed by atoms with Gasteiger partial charge in [0.25, 0.3) is 0 Å². The summed E-state index contributed by atoms with van der Waals surface area (Å²) in [6.45, 7) is 4.69. The number of rotatable bonds is 3. The summed E-state index contributed by atoms with van der Waals surface area (Å²) in [5.41, 5.74) is 1.02. The summed E-state index contributed by atoms with van der Waals surface area (Å²) in [6, 6.07) is 0.194. The molecule has 0 saturated carbocycles. The van der Waals surface area contributed by atoms with Crippen molar-refractivity contribution in [2.45, 2.75) is 32.2 Å². The molecule has 1 heterocycles. The maximum atomic E-state index is 11.9. The first kappa shape index (κ1) is 15.4. The number of urea groups is 1. The van der Waals surface area contributed by atoms with Crippen LogP contribution in [0.25, 0.3) is 0 Å². The second kappa shape index (κ2) is 7.14.